The van der Waals surface area contributed by atoms with Crippen LogP contribution >= 0.6 is 0 Å². The van der Waals surface area contributed by atoms with Crippen LogP contribution in [0.2, 0.25) is 0 Å². The second kappa shape index (κ2) is 8.77. The number of likely N-dealkylation sites (N-methyl/N-ethyl adjacent to an activating group) is 1. The highest BCUT2D eigenvalue weighted by Gasteiger charge is 2.06. The van der Waals surface area contributed by atoms with Crippen LogP contribution in [0.5, 0.6) is 11.5 Å². The average molecular weight is 266 g/mol. The minimum atomic E-state index is 0.644. The molecule has 1 aromatic carbocycles. The molecule has 0 amide bonds. The van der Waals surface area contributed by atoms with Crippen molar-refractivity contribution in [1.82, 2.24) is 4.90 Å². The van der Waals surface area contributed by atoms with Gasteiger partial charge in [-0.05, 0) is 43.8 Å². The Morgan fingerprint density at radius 2 is 1.89 bits per heavy atom. The zero-order valence-corrected chi connectivity index (χ0v) is 12.3. The Balaban J connectivity index is 2.57. The molecule has 2 N–H and O–H groups in total. The molecule has 0 radical (unpaired) electrons. The molecule has 0 atom stereocenters. The summed E-state index contributed by atoms with van der Waals surface area (Å²) < 4.78 is 11.2. The molecule has 0 fully saturated rings. The van der Waals surface area contributed by atoms with E-state index >= 15 is 0 Å². The normalized spacial score (nSPS) is 10.8. The van der Waals surface area contributed by atoms with Crippen molar-refractivity contribution in [1.29, 1.82) is 0 Å². The highest BCUT2D eigenvalue weighted by Crippen LogP contribution is 2.28. The van der Waals surface area contributed by atoms with Crippen LogP contribution in [0.3, 0.4) is 0 Å². The molecule has 0 aliphatic heterocycles. The molecule has 1 aromatic rings. The number of ether oxygens (including phenoxy) is 2. The van der Waals surface area contributed by atoms with E-state index in [4.69, 9.17) is 15.2 Å². The second-order valence-electron chi connectivity index (χ2n) is 4.40. The molecule has 4 nitrogen and oxygen atoms in total. The fourth-order valence-corrected chi connectivity index (χ4v) is 1.98. The van der Waals surface area contributed by atoms with Gasteiger partial charge in [0, 0.05) is 6.54 Å². The maximum Gasteiger partial charge on any atom is 0.161 e. The number of rotatable bonds is 9. The highest BCUT2D eigenvalue weighted by atomic mass is 16.5. The molecular formula is C15H26N2O2. The summed E-state index contributed by atoms with van der Waals surface area (Å²) in [6.45, 7) is 8.66. The predicted molar refractivity (Wildman–Crippen MR) is 79.0 cm³/mol. The molecule has 108 valence electrons. The Bertz CT molecular complexity index is 365. The summed E-state index contributed by atoms with van der Waals surface area (Å²) in [7, 11) is 1.67. The van der Waals surface area contributed by atoms with Gasteiger partial charge in [-0.2, -0.15) is 0 Å². The Kier molecular flexibility index (Phi) is 7.30. The van der Waals surface area contributed by atoms with Gasteiger partial charge in [-0.3, -0.25) is 0 Å². The molecule has 1 rings (SSSR count). The number of nitrogens with two attached hydrogens (primary N) is 1. The van der Waals surface area contributed by atoms with E-state index in [0.29, 0.717) is 13.2 Å². The van der Waals surface area contributed by atoms with Crippen molar-refractivity contribution >= 4 is 0 Å². The zero-order valence-electron chi connectivity index (χ0n) is 12.3. The van der Waals surface area contributed by atoms with Gasteiger partial charge >= 0.3 is 0 Å². The van der Waals surface area contributed by atoms with Crippen molar-refractivity contribution in [3.05, 3.63) is 23.8 Å². The van der Waals surface area contributed by atoms with E-state index in [2.05, 4.69) is 18.7 Å². The molecule has 0 aromatic heterocycles. The molecule has 0 heterocycles. The SMILES string of the molecule is CCN(CC)CCOc1ccc(CCN)cc1OC. The molecule has 19 heavy (non-hydrogen) atoms. The fourth-order valence-electron chi connectivity index (χ4n) is 1.98. The Labute approximate surface area is 116 Å². The number of hydrogen-bond donors (Lipinski definition) is 1. The first kappa shape index (κ1) is 15.8. The second-order valence-corrected chi connectivity index (χ2v) is 4.40. The molecule has 0 saturated carbocycles. The lowest BCUT2D eigenvalue weighted by Crippen LogP contribution is -2.27. The van der Waals surface area contributed by atoms with Gasteiger partial charge in [0.25, 0.3) is 0 Å². The third kappa shape index (κ3) is 5.09. The molecule has 0 saturated heterocycles. The quantitative estimate of drug-likeness (QED) is 0.742. The molecule has 0 aliphatic carbocycles. The summed E-state index contributed by atoms with van der Waals surface area (Å²) in [6, 6.07) is 6.01. The smallest absolute Gasteiger partial charge is 0.161 e. The van der Waals surface area contributed by atoms with Gasteiger partial charge in [0.15, 0.2) is 11.5 Å². The number of benzene rings is 1. The monoisotopic (exact) mass is 266 g/mol. The third-order valence-electron chi connectivity index (χ3n) is 3.22. The predicted octanol–water partition coefficient (Wildman–Crippen LogP) is 1.92. The topological polar surface area (TPSA) is 47.7 Å². The fraction of sp³-hybridized carbons (Fsp3) is 0.600. The van der Waals surface area contributed by atoms with E-state index in [1.165, 1.54) is 5.56 Å². The van der Waals surface area contributed by atoms with Gasteiger partial charge in [0.2, 0.25) is 0 Å². The number of methoxy groups -OCH3 is 1. The minimum Gasteiger partial charge on any atom is -0.493 e. The van der Waals surface area contributed by atoms with E-state index in [1.807, 2.05) is 18.2 Å². The standard InChI is InChI=1S/C15H26N2O2/c1-4-17(5-2)10-11-19-14-7-6-13(8-9-16)12-15(14)18-3/h6-7,12H,4-5,8-11,16H2,1-3H3. The van der Waals surface area contributed by atoms with Crippen molar-refractivity contribution in [2.24, 2.45) is 5.73 Å². The summed E-state index contributed by atoms with van der Waals surface area (Å²) in [6.07, 6.45) is 0.857. The molecule has 0 unspecified atom stereocenters. The summed E-state index contributed by atoms with van der Waals surface area (Å²) in [4.78, 5) is 2.33. The van der Waals surface area contributed by atoms with Crippen LogP contribution in [0.25, 0.3) is 0 Å². The summed E-state index contributed by atoms with van der Waals surface area (Å²) in [5, 5.41) is 0. The van der Waals surface area contributed by atoms with Gasteiger partial charge in [-0.1, -0.05) is 19.9 Å². The van der Waals surface area contributed by atoms with Crippen LogP contribution in [0.4, 0.5) is 0 Å². The first-order valence-corrected chi connectivity index (χ1v) is 6.97. The van der Waals surface area contributed by atoms with Crippen LogP contribution in [0.15, 0.2) is 18.2 Å². The van der Waals surface area contributed by atoms with E-state index in [-0.39, 0.29) is 0 Å². The van der Waals surface area contributed by atoms with Crippen molar-refractivity contribution in [2.45, 2.75) is 20.3 Å². The van der Waals surface area contributed by atoms with Crippen LogP contribution < -0.4 is 15.2 Å². The number of nitrogens with zero attached hydrogens (tertiary/aromatic N) is 1. The van der Waals surface area contributed by atoms with Gasteiger partial charge < -0.3 is 20.1 Å². The Morgan fingerprint density at radius 3 is 2.47 bits per heavy atom. The lowest BCUT2D eigenvalue weighted by molar-refractivity contribution is 0.217. The van der Waals surface area contributed by atoms with Gasteiger partial charge in [0.05, 0.1) is 7.11 Å². The Hall–Kier alpha value is -1.26. The molecule has 0 bridgehead atoms. The molecule has 0 aliphatic rings. The van der Waals surface area contributed by atoms with Crippen molar-refractivity contribution in [3.8, 4) is 11.5 Å². The number of hydrogen-bond acceptors (Lipinski definition) is 4. The maximum absolute atomic E-state index is 5.80. The van der Waals surface area contributed by atoms with E-state index in [1.54, 1.807) is 7.11 Å². The van der Waals surface area contributed by atoms with Crippen LogP contribution in [-0.2, 0) is 6.42 Å². The van der Waals surface area contributed by atoms with Gasteiger partial charge in [0.1, 0.15) is 6.61 Å². The minimum absolute atomic E-state index is 0.644. The third-order valence-corrected chi connectivity index (χ3v) is 3.22. The summed E-state index contributed by atoms with van der Waals surface area (Å²) >= 11 is 0. The summed E-state index contributed by atoms with van der Waals surface area (Å²) in [5.74, 6) is 1.58. The van der Waals surface area contributed by atoms with E-state index in [9.17, 15) is 0 Å². The van der Waals surface area contributed by atoms with Crippen molar-refractivity contribution in [2.75, 3.05) is 39.9 Å². The lowest BCUT2D eigenvalue weighted by atomic mass is 10.1. The molecule has 0 spiro atoms. The van der Waals surface area contributed by atoms with E-state index < -0.39 is 0 Å². The van der Waals surface area contributed by atoms with Crippen LogP contribution in [-0.4, -0.2) is 44.8 Å². The van der Waals surface area contributed by atoms with Crippen molar-refractivity contribution in [3.63, 3.8) is 0 Å². The van der Waals surface area contributed by atoms with Crippen LogP contribution in [0.1, 0.15) is 19.4 Å². The van der Waals surface area contributed by atoms with Crippen LogP contribution in [0, 0.1) is 0 Å². The summed E-state index contributed by atoms with van der Waals surface area (Å²) in [5.41, 5.74) is 6.73. The molecule has 4 heteroatoms. The van der Waals surface area contributed by atoms with Crippen molar-refractivity contribution < 1.29 is 9.47 Å². The largest absolute Gasteiger partial charge is 0.493 e. The van der Waals surface area contributed by atoms with Gasteiger partial charge in [-0.25, -0.2) is 0 Å². The first-order chi connectivity index (χ1) is 9.24. The molecular weight excluding hydrogens is 240 g/mol. The van der Waals surface area contributed by atoms with Gasteiger partial charge in [-0.15, -0.1) is 0 Å². The van der Waals surface area contributed by atoms with E-state index in [0.717, 1.165) is 37.6 Å². The Morgan fingerprint density at radius 1 is 1.16 bits per heavy atom. The maximum atomic E-state index is 5.80. The lowest BCUT2D eigenvalue weighted by Gasteiger charge is -2.19. The first-order valence-electron chi connectivity index (χ1n) is 6.97. The average Bonchev–Trinajstić information content (AvgIpc) is 2.45. The zero-order chi connectivity index (χ0) is 14.1. The highest BCUT2D eigenvalue weighted by molar-refractivity contribution is 5.43.